The van der Waals surface area contributed by atoms with E-state index in [2.05, 4.69) is 15.3 Å². The zero-order chi connectivity index (χ0) is 13.1. The van der Waals surface area contributed by atoms with Gasteiger partial charge in [-0.05, 0) is 18.2 Å². The number of nitrogens with one attached hydrogen (secondary N) is 1. The van der Waals surface area contributed by atoms with Crippen molar-refractivity contribution in [2.24, 2.45) is 0 Å². The van der Waals surface area contributed by atoms with Gasteiger partial charge in [0.2, 0.25) is 0 Å². The number of rotatable bonds is 2. The van der Waals surface area contributed by atoms with Crippen LogP contribution in [-0.4, -0.2) is 21.0 Å². The second-order valence-corrected chi connectivity index (χ2v) is 4.14. The van der Waals surface area contributed by atoms with Gasteiger partial charge in [0, 0.05) is 0 Å². The molecule has 2 rings (SSSR count). The van der Waals surface area contributed by atoms with E-state index in [0.29, 0.717) is 0 Å². The fourth-order valence-corrected chi connectivity index (χ4v) is 1.62. The molecule has 2 aromatic rings. The number of nitrogens with zero attached hydrogens (tertiary/aromatic N) is 2. The molecule has 0 unspecified atom stereocenters. The Labute approximate surface area is 112 Å². The van der Waals surface area contributed by atoms with Gasteiger partial charge in [-0.25, -0.2) is 4.98 Å². The van der Waals surface area contributed by atoms with Crippen LogP contribution in [0, 0.1) is 0 Å². The third kappa shape index (κ3) is 2.88. The van der Waals surface area contributed by atoms with Crippen LogP contribution in [0.15, 0.2) is 30.6 Å². The fourth-order valence-electron chi connectivity index (χ4n) is 1.27. The number of halogens is 2. The van der Waals surface area contributed by atoms with E-state index < -0.39 is 5.91 Å². The standard InChI is InChI=1S/C11H7Cl2N3O2/c12-8-2-1-6(17)3-7(8)11(18)16-10-5-14-4-9(13)15-10/h1-5,17H,(H,15,16,18). The molecule has 0 aliphatic heterocycles. The monoisotopic (exact) mass is 283 g/mol. The molecule has 0 atom stereocenters. The summed E-state index contributed by atoms with van der Waals surface area (Å²) >= 11 is 11.5. The Hall–Kier alpha value is -1.85. The number of phenolic OH excluding ortho intramolecular Hbond substituents is 1. The molecule has 1 aromatic carbocycles. The van der Waals surface area contributed by atoms with Crippen molar-refractivity contribution in [2.45, 2.75) is 0 Å². The normalized spacial score (nSPS) is 10.1. The van der Waals surface area contributed by atoms with Gasteiger partial charge >= 0.3 is 0 Å². The lowest BCUT2D eigenvalue weighted by molar-refractivity contribution is 0.102. The Balaban J connectivity index is 2.24. The van der Waals surface area contributed by atoms with Gasteiger partial charge in [-0.3, -0.25) is 9.78 Å². The molecule has 1 aromatic heterocycles. The highest BCUT2D eigenvalue weighted by Gasteiger charge is 2.12. The number of aromatic hydroxyl groups is 1. The van der Waals surface area contributed by atoms with Crippen molar-refractivity contribution >= 4 is 34.9 Å². The summed E-state index contributed by atoms with van der Waals surface area (Å²) in [4.78, 5) is 19.5. The molecule has 0 spiro atoms. The third-order valence-electron chi connectivity index (χ3n) is 2.04. The van der Waals surface area contributed by atoms with Gasteiger partial charge in [0.15, 0.2) is 5.82 Å². The van der Waals surface area contributed by atoms with Gasteiger partial charge < -0.3 is 10.4 Å². The van der Waals surface area contributed by atoms with Gasteiger partial charge in [0.25, 0.3) is 5.91 Å². The zero-order valence-corrected chi connectivity index (χ0v) is 10.4. The van der Waals surface area contributed by atoms with Crippen LogP contribution < -0.4 is 5.32 Å². The largest absolute Gasteiger partial charge is 0.508 e. The van der Waals surface area contributed by atoms with E-state index in [1.165, 1.54) is 30.6 Å². The van der Waals surface area contributed by atoms with Crippen LogP contribution in [0.2, 0.25) is 10.2 Å². The van der Waals surface area contributed by atoms with E-state index >= 15 is 0 Å². The predicted octanol–water partition coefficient (Wildman–Crippen LogP) is 2.74. The topological polar surface area (TPSA) is 75.1 Å². The molecule has 0 saturated heterocycles. The zero-order valence-electron chi connectivity index (χ0n) is 8.89. The quantitative estimate of drug-likeness (QED) is 0.889. The molecule has 0 fully saturated rings. The van der Waals surface area contributed by atoms with Crippen molar-refractivity contribution < 1.29 is 9.90 Å². The smallest absolute Gasteiger partial charge is 0.258 e. The van der Waals surface area contributed by atoms with Crippen molar-refractivity contribution in [1.29, 1.82) is 0 Å². The summed E-state index contributed by atoms with van der Waals surface area (Å²) in [5.41, 5.74) is 0.137. The second-order valence-electron chi connectivity index (χ2n) is 3.35. The minimum absolute atomic E-state index is 0.0540. The van der Waals surface area contributed by atoms with Crippen LogP contribution in [0.3, 0.4) is 0 Å². The van der Waals surface area contributed by atoms with E-state index in [0.717, 1.165) is 0 Å². The SMILES string of the molecule is O=C(Nc1cncc(Cl)n1)c1cc(O)ccc1Cl. The Morgan fingerprint density at radius 1 is 1.28 bits per heavy atom. The third-order valence-corrected chi connectivity index (χ3v) is 2.55. The summed E-state index contributed by atoms with van der Waals surface area (Å²) < 4.78 is 0. The molecule has 0 bridgehead atoms. The van der Waals surface area contributed by atoms with Crippen LogP contribution in [0.4, 0.5) is 5.82 Å². The van der Waals surface area contributed by atoms with E-state index in [9.17, 15) is 9.90 Å². The molecular weight excluding hydrogens is 277 g/mol. The second kappa shape index (κ2) is 5.20. The van der Waals surface area contributed by atoms with E-state index in [1.807, 2.05) is 0 Å². The van der Waals surface area contributed by atoms with Crippen LogP contribution in [0.25, 0.3) is 0 Å². The van der Waals surface area contributed by atoms with Crippen molar-refractivity contribution in [3.05, 3.63) is 46.3 Å². The van der Waals surface area contributed by atoms with Crippen LogP contribution >= 0.6 is 23.2 Å². The number of carbonyl (C=O) groups is 1. The number of anilines is 1. The Morgan fingerprint density at radius 3 is 2.78 bits per heavy atom. The summed E-state index contributed by atoms with van der Waals surface area (Å²) in [6, 6.07) is 4.07. The Morgan fingerprint density at radius 2 is 2.06 bits per heavy atom. The molecule has 0 aliphatic carbocycles. The Kier molecular flexibility index (Phi) is 3.64. The molecule has 7 heteroatoms. The first-order chi connectivity index (χ1) is 8.56. The van der Waals surface area contributed by atoms with Crippen molar-refractivity contribution in [2.75, 3.05) is 5.32 Å². The lowest BCUT2D eigenvalue weighted by Gasteiger charge is -2.06. The maximum atomic E-state index is 11.9. The minimum Gasteiger partial charge on any atom is -0.508 e. The molecular formula is C11H7Cl2N3O2. The number of phenols is 1. The molecule has 92 valence electrons. The highest BCUT2D eigenvalue weighted by atomic mass is 35.5. The first-order valence-electron chi connectivity index (χ1n) is 4.83. The van der Waals surface area contributed by atoms with Gasteiger partial charge in [0.1, 0.15) is 10.9 Å². The number of hydrogen-bond acceptors (Lipinski definition) is 4. The molecule has 1 heterocycles. The molecule has 0 aliphatic rings. The van der Waals surface area contributed by atoms with E-state index in [-0.39, 0.29) is 27.3 Å². The van der Waals surface area contributed by atoms with Gasteiger partial charge in [0.05, 0.1) is 23.0 Å². The summed E-state index contributed by atoms with van der Waals surface area (Å²) in [6.07, 6.45) is 2.69. The van der Waals surface area contributed by atoms with E-state index in [1.54, 1.807) is 0 Å². The molecule has 5 nitrogen and oxygen atoms in total. The average Bonchev–Trinajstić information content (AvgIpc) is 2.32. The number of amides is 1. The number of benzene rings is 1. The minimum atomic E-state index is -0.507. The van der Waals surface area contributed by atoms with Gasteiger partial charge in [-0.2, -0.15) is 0 Å². The summed E-state index contributed by atoms with van der Waals surface area (Å²) in [6.45, 7) is 0. The summed E-state index contributed by atoms with van der Waals surface area (Å²) in [5.74, 6) is -0.360. The highest BCUT2D eigenvalue weighted by molar-refractivity contribution is 6.34. The van der Waals surface area contributed by atoms with Crippen LogP contribution in [0.5, 0.6) is 5.75 Å². The highest BCUT2D eigenvalue weighted by Crippen LogP contribution is 2.22. The first kappa shape index (κ1) is 12.6. The predicted molar refractivity (Wildman–Crippen MR) is 68.1 cm³/mol. The van der Waals surface area contributed by atoms with Crippen LogP contribution in [-0.2, 0) is 0 Å². The molecule has 1 amide bonds. The lowest BCUT2D eigenvalue weighted by atomic mass is 10.2. The lowest BCUT2D eigenvalue weighted by Crippen LogP contribution is -2.13. The number of aromatic nitrogens is 2. The number of carbonyl (C=O) groups excluding carboxylic acids is 1. The van der Waals surface area contributed by atoms with Crippen molar-refractivity contribution in [1.82, 2.24) is 9.97 Å². The van der Waals surface area contributed by atoms with E-state index in [4.69, 9.17) is 23.2 Å². The maximum absolute atomic E-state index is 11.9. The van der Waals surface area contributed by atoms with Gasteiger partial charge in [-0.1, -0.05) is 23.2 Å². The maximum Gasteiger partial charge on any atom is 0.258 e. The molecule has 18 heavy (non-hydrogen) atoms. The Bertz CT molecular complexity index is 605. The average molecular weight is 284 g/mol. The van der Waals surface area contributed by atoms with Crippen molar-refractivity contribution in [3.63, 3.8) is 0 Å². The fraction of sp³-hybridized carbons (Fsp3) is 0. The first-order valence-corrected chi connectivity index (χ1v) is 5.59. The number of hydrogen-bond donors (Lipinski definition) is 2. The molecule has 2 N–H and O–H groups in total. The summed E-state index contributed by atoms with van der Waals surface area (Å²) in [7, 11) is 0. The van der Waals surface area contributed by atoms with Crippen molar-refractivity contribution in [3.8, 4) is 5.75 Å². The van der Waals surface area contributed by atoms with Gasteiger partial charge in [-0.15, -0.1) is 0 Å². The summed E-state index contributed by atoms with van der Waals surface area (Å²) in [5, 5.41) is 12.2. The molecule has 0 radical (unpaired) electrons. The van der Waals surface area contributed by atoms with Crippen LogP contribution in [0.1, 0.15) is 10.4 Å². The molecule has 0 saturated carbocycles.